The summed E-state index contributed by atoms with van der Waals surface area (Å²) in [5.74, 6) is 5.70. The number of hydrogen-bond acceptors (Lipinski definition) is 3. The van der Waals surface area contributed by atoms with Crippen LogP contribution in [0.4, 0.5) is 0 Å². The molecule has 4 heteroatoms. The minimum absolute atomic E-state index is 0.507. The first-order valence-corrected chi connectivity index (χ1v) is 4.82. The van der Waals surface area contributed by atoms with Gasteiger partial charge in [0.1, 0.15) is 5.75 Å². The van der Waals surface area contributed by atoms with Crippen molar-refractivity contribution in [3.8, 4) is 5.75 Å². The number of benzene rings is 1. The molecule has 0 saturated heterocycles. The van der Waals surface area contributed by atoms with Crippen molar-refractivity contribution in [1.29, 1.82) is 0 Å². The Hall–Kier alpha value is -0.770. The van der Waals surface area contributed by atoms with Crippen molar-refractivity contribution in [3.63, 3.8) is 0 Å². The summed E-state index contributed by atoms with van der Waals surface area (Å²) >= 11 is 5.87. The standard InChI is InChI=1S/C10H14ClNO2/c1-8-7-9(3-4-10(8)11)13-5-2-6-14-12/h3-4,7H,2,5-6,12H2,1H3. The molecule has 1 aromatic carbocycles. The third kappa shape index (κ3) is 3.54. The third-order valence-corrected chi connectivity index (χ3v) is 2.23. The Morgan fingerprint density at radius 3 is 2.79 bits per heavy atom. The van der Waals surface area contributed by atoms with E-state index >= 15 is 0 Å². The van der Waals surface area contributed by atoms with Gasteiger partial charge in [0.05, 0.1) is 13.2 Å². The first kappa shape index (κ1) is 11.3. The number of nitrogens with two attached hydrogens (primary N) is 1. The number of aryl methyl sites for hydroxylation is 1. The molecular weight excluding hydrogens is 202 g/mol. The van der Waals surface area contributed by atoms with Gasteiger partial charge in [-0.15, -0.1) is 0 Å². The first-order chi connectivity index (χ1) is 6.74. The minimum Gasteiger partial charge on any atom is -0.493 e. The Kier molecular flexibility index (Phi) is 4.73. The summed E-state index contributed by atoms with van der Waals surface area (Å²) in [6.07, 6.45) is 0.776. The van der Waals surface area contributed by atoms with Crippen LogP contribution in [-0.2, 0) is 4.84 Å². The van der Waals surface area contributed by atoms with E-state index in [9.17, 15) is 0 Å². The normalized spacial score (nSPS) is 10.2. The molecule has 1 rings (SSSR count). The molecule has 2 N–H and O–H groups in total. The zero-order valence-electron chi connectivity index (χ0n) is 8.13. The van der Waals surface area contributed by atoms with E-state index in [-0.39, 0.29) is 0 Å². The highest BCUT2D eigenvalue weighted by molar-refractivity contribution is 6.31. The molecule has 0 aliphatic heterocycles. The molecule has 78 valence electrons. The van der Waals surface area contributed by atoms with Gasteiger partial charge in [-0.2, -0.15) is 0 Å². The van der Waals surface area contributed by atoms with E-state index in [0.29, 0.717) is 13.2 Å². The summed E-state index contributed by atoms with van der Waals surface area (Å²) in [5, 5.41) is 0.752. The molecule has 0 radical (unpaired) electrons. The second-order valence-corrected chi connectivity index (χ2v) is 3.39. The van der Waals surface area contributed by atoms with Crippen LogP contribution in [-0.4, -0.2) is 13.2 Å². The minimum atomic E-state index is 0.507. The van der Waals surface area contributed by atoms with Gasteiger partial charge in [-0.05, 0) is 30.7 Å². The fourth-order valence-corrected chi connectivity index (χ4v) is 1.16. The highest BCUT2D eigenvalue weighted by Gasteiger charge is 1.98. The molecule has 0 aromatic heterocycles. The average molecular weight is 216 g/mol. The van der Waals surface area contributed by atoms with Gasteiger partial charge in [-0.25, -0.2) is 5.90 Å². The monoisotopic (exact) mass is 215 g/mol. The van der Waals surface area contributed by atoms with Crippen molar-refractivity contribution in [3.05, 3.63) is 28.8 Å². The van der Waals surface area contributed by atoms with E-state index in [0.717, 1.165) is 22.8 Å². The van der Waals surface area contributed by atoms with Crippen molar-refractivity contribution in [2.75, 3.05) is 13.2 Å². The van der Waals surface area contributed by atoms with Crippen molar-refractivity contribution >= 4 is 11.6 Å². The van der Waals surface area contributed by atoms with Gasteiger partial charge in [0, 0.05) is 11.4 Å². The Morgan fingerprint density at radius 1 is 1.36 bits per heavy atom. The first-order valence-electron chi connectivity index (χ1n) is 4.44. The van der Waals surface area contributed by atoms with E-state index in [1.54, 1.807) is 0 Å². The second-order valence-electron chi connectivity index (χ2n) is 2.98. The van der Waals surface area contributed by atoms with E-state index < -0.39 is 0 Å². The molecule has 1 aromatic rings. The van der Waals surface area contributed by atoms with Gasteiger partial charge in [0.2, 0.25) is 0 Å². The summed E-state index contributed by atoms with van der Waals surface area (Å²) < 4.78 is 5.45. The summed E-state index contributed by atoms with van der Waals surface area (Å²) in [6.45, 7) is 3.04. The predicted octanol–water partition coefficient (Wildman–Crippen LogP) is 2.31. The fourth-order valence-electron chi connectivity index (χ4n) is 1.04. The van der Waals surface area contributed by atoms with Crippen molar-refractivity contribution in [2.45, 2.75) is 13.3 Å². The smallest absolute Gasteiger partial charge is 0.119 e. The molecule has 0 spiro atoms. The summed E-state index contributed by atoms with van der Waals surface area (Å²) in [6, 6.07) is 5.58. The van der Waals surface area contributed by atoms with Crippen LogP contribution in [0.2, 0.25) is 5.02 Å². The molecule has 0 aliphatic carbocycles. The second kappa shape index (κ2) is 5.86. The maximum atomic E-state index is 5.87. The Labute approximate surface area is 88.7 Å². The molecule has 0 heterocycles. The van der Waals surface area contributed by atoms with E-state index in [4.69, 9.17) is 22.2 Å². The van der Waals surface area contributed by atoms with E-state index in [1.807, 2.05) is 25.1 Å². The maximum Gasteiger partial charge on any atom is 0.119 e. The lowest BCUT2D eigenvalue weighted by Crippen LogP contribution is -2.06. The summed E-state index contributed by atoms with van der Waals surface area (Å²) in [4.78, 5) is 4.42. The zero-order chi connectivity index (χ0) is 10.4. The number of ether oxygens (including phenoxy) is 1. The molecule has 0 atom stereocenters. The SMILES string of the molecule is Cc1cc(OCCCON)ccc1Cl. The molecule has 0 aliphatic rings. The average Bonchev–Trinajstić information content (AvgIpc) is 2.18. The van der Waals surface area contributed by atoms with Crippen LogP contribution in [0.15, 0.2) is 18.2 Å². The maximum absolute atomic E-state index is 5.87. The van der Waals surface area contributed by atoms with Gasteiger partial charge in [0.15, 0.2) is 0 Å². The van der Waals surface area contributed by atoms with Gasteiger partial charge < -0.3 is 9.57 Å². The van der Waals surface area contributed by atoms with E-state index in [2.05, 4.69) is 4.84 Å². The van der Waals surface area contributed by atoms with Crippen LogP contribution in [0.3, 0.4) is 0 Å². The molecule has 0 fully saturated rings. The molecule has 0 amide bonds. The van der Waals surface area contributed by atoms with Crippen molar-refractivity contribution < 1.29 is 9.57 Å². The molecular formula is C10H14ClNO2. The lowest BCUT2D eigenvalue weighted by molar-refractivity contribution is 0.122. The molecule has 0 bridgehead atoms. The van der Waals surface area contributed by atoms with Crippen LogP contribution < -0.4 is 10.6 Å². The highest BCUT2D eigenvalue weighted by Crippen LogP contribution is 2.20. The predicted molar refractivity (Wildman–Crippen MR) is 56.4 cm³/mol. The van der Waals surface area contributed by atoms with Gasteiger partial charge in [-0.3, -0.25) is 0 Å². The molecule has 0 saturated carbocycles. The molecule has 0 unspecified atom stereocenters. The van der Waals surface area contributed by atoms with Crippen LogP contribution in [0.25, 0.3) is 0 Å². The van der Waals surface area contributed by atoms with Crippen LogP contribution in [0, 0.1) is 6.92 Å². The van der Waals surface area contributed by atoms with Crippen LogP contribution in [0.5, 0.6) is 5.75 Å². The highest BCUT2D eigenvalue weighted by atomic mass is 35.5. The summed E-state index contributed by atoms with van der Waals surface area (Å²) in [7, 11) is 0. The zero-order valence-corrected chi connectivity index (χ0v) is 8.88. The lowest BCUT2D eigenvalue weighted by Gasteiger charge is -2.06. The Balaban J connectivity index is 2.39. The Morgan fingerprint density at radius 2 is 2.14 bits per heavy atom. The largest absolute Gasteiger partial charge is 0.493 e. The van der Waals surface area contributed by atoms with Gasteiger partial charge in [0.25, 0.3) is 0 Å². The van der Waals surface area contributed by atoms with Crippen molar-refractivity contribution in [2.24, 2.45) is 5.90 Å². The van der Waals surface area contributed by atoms with Crippen LogP contribution >= 0.6 is 11.6 Å². The van der Waals surface area contributed by atoms with Crippen molar-refractivity contribution in [1.82, 2.24) is 0 Å². The Bertz CT molecular complexity index is 291. The van der Waals surface area contributed by atoms with Gasteiger partial charge >= 0.3 is 0 Å². The lowest BCUT2D eigenvalue weighted by atomic mass is 10.2. The van der Waals surface area contributed by atoms with Crippen LogP contribution in [0.1, 0.15) is 12.0 Å². The topological polar surface area (TPSA) is 44.5 Å². The number of rotatable bonds is 5. The number of halogens is 1. The van der Waals surface area contributed by atoms with E-state index in [1.165, 1.54) is 0 Å². The third-order valence-electron chi connectivity index (χ3n) is 1.80. The van der Waals surface area contributed by atoms with Gasteiger partial charge in [-0.1, -0.05) is 11.6 Å². The molecule has 14 heavy (non-hydrogen) atoms. The quantitative estimate of drug-likeness (QED) is 0.606. The fraction of sp³-hybridized carbons (Fsp3) is 0.400. The summed E-state index contributed by atoms with van der Waals surface area (Å²) in [5.41, 5.74) is 1.01. The molecule has 3 nitrogen and oxygen atoms in total. The number of hydrogen-bond donors (Lipinski definition) is 1.